The zero-order valence-corrected chi connectivity index (χ0v) is 19.4. The van der Waals surface area contributed by atoms with Gasteiger partial charge in [0.2, 0.25) is 21.8 Å². The highest BCUT2D eigenvalue weighted by atomic mass is 32.2. The van der Waals surface area contributed by atoms with Crippen molar-refractivity contribution in [3.05, 3.63) is 84.2 Å². The van der Waals surface area contributed by atoms with Gasteiger partial charge >= 0.3 is 0 Å². The summed E-state index contributed by atoms with van der Waals surface area (Å²) in [6.07, 6.45) is 0. The molecule has 1 aliphatic rings. The number of rotatable bonds is 6. The molecule has 4 rings (SSSR count). The maximum Gasteiger partial charge on any atom is 0.243 e. The smallest absolute Gasteiger partial charge is 0.243 e. The second-order valence-corrected chi connectivity index (χ2v) is 10.0. The van der Waals surface area contributed by atoms with Gasteiger partial charge in [0.05, 0.1) is 11.4 Å². The Hall–Kier alpha value is -3.56. The fraction of sp³-hybridized carbons (Fsp3) is 0.200. The molecular weight excluding hydrogens is 457 g/mol. The van der Waals surface area contributed by atoms with Crippen molar-refractivity contribution >= 4 is 27.5 Å². The highest BCUT2D eigenvalue weighted by molar-refractivity contribution is 7.89. The van der Waals surface area contributed by atoms with Gasteiger partial charge in [0.15, 0.2) is 0 Å². The summed E-state index contributed by atoms with van der Waals surface area (Å²) in [5.41, 5.74) is 3.03. The molecule has 0 radical (unpaired) electrons. The maximum atomic E-state index is 13.4. The number of nitrogens with one attached hydrogen (secondary N) is 1. The van der Waals surface area contributed by atoms with E-state index in [-0.39, 0.29) is 48.7 Å². The second kappa shape index (κ2) is 9.74. The van der Waals surface area contributed by atoms with Crippen molar-refractivity contribution in [3.8, 4) is 11.1 Å². The third-order valence-electron chi connectivity index (χ3n) is 5.58. The number of carbonyl (C=O) groups is 2. The lowest BCUT2D eigenvalue weighted by molar-refractivity contribution is -0.134. The number of halogens is 1. The van der Waals surface area contributed by atoms with E-state index in [1.165, 1.54) is 40.4 Å². The van der Waals surface area contributed by atoms with Crippen LogP contribution in [0, 0.1) is 5.82 Å². The quantitative estimate of drug-likeness (QED) is 0.584. The fourth-order valence-electron chi connectivity index (χ4n) is 3.83. The van der Waals surface area contributed by atoms with Crippen LogP contribution in [0.15, 0.2) is 77.7 Å². The number of sulfonamides is 1. The molecular formula is C25H24FN3O4S. The van der Waals surface area contributed by atoms with Crippen LogP contribution >= 0.6 is 0 Å². The zero-order chi connectivity index (χ0) is 24.3. The van der Waals surface area contributed by atoms with Crippen LogP contribution in [0.5, 0.6) is 0 Å². The fourth-order valence-corrected chi connectivity index (χ4v) is 5.21. The van der Waals surface area contributed by atoms with E-state index >= 15 is 0 Å². The average molecular weight is 482 g/mol. The van der Waals surface area contributed by atoms with E-state index in [4.69, 9.17) is 0 Å². The molecule has 1 N–H and O–H groups in total. The van der Waals surface area contributed by atoms with Crippen LogP contribution in [0.25, 0.3) is 11.1 Å². The molecule has 34 heavy (non-hydrogen) atoms. The molecule has 9 heteroatoms. The molecule has 1 saturated heterocycles. The second-order valence-electron chi connectivity index (χ2n) is 8.07. The summed E-state index contributed by atoms with van der Waals surface area (Å²) in [6.45, 7) is 1.80. The predicted molar refractivity (Wildman–Crippen MR) is 127 cm³/mol. The first kappa shape index (κ1) is 23.6. The average Bonchev–Trinajstić information content (AvgIpc) is 2.80. The van der Waals surface area contributed by atoms with Crippen molar-refractivity contribution in [2.24, 2.45) is 0 Å². The van der Waals surface area contributed by atoms with Gasteiger partial charge in [-0.25, -0.2) is 12.8 Å². The number of nitrogens with zero attached hydrogens (tertiary/aromatic N) is 2. The van der Waals surface area contributed by atoms with E-state index in [2.05, 4.69) is 5.32 Å². The summed E-state index contributed by atoms with van der Waals surface area (Å²) in [4.78, 5) is 25.4. The largest absolute Gasteiger partial charge is 0.336 e. The van der Waals surface area contributed by atoms with Gasteiger partial charge in [-0.1, -0.05) is 36.4 Å². The minimum absolute atomic E-state index is 0.109. The van der Waals surface area contributed by atoms with Crippen molar-refractivity contribution in [2.45, 2.75) is 18.4 Å². The lowest BCUT2D eigenvalue weighted by Crippen LogP contribution is -2.51. The van der Waals surface area contributed by atoms with Gasteiger partial charge in [0, 0.05) is 32.2 Å². The lowest BCUT2D eigenvalue weighted by atomic mass is 10.1. The zero-order valence-electron chi connectivity index (χ0n) is 18.6. The Morgan fingerprint density at radius 3 is 2.21 bits per heavy atom. The Labute approximate surface area is 197 Å². The van der Waals surface area contributed by atoms with Crippen molar-refractivity contribution in [2.75, 3.05) is 25.0 Å². The third kappa shape index (κ3) is 5.32. The molecule has 3 aromatic carbocycles. The topological polar surface area (TPSA) is 86.8 Å². The van der Waals surface area contributed by atoms with Gasteiger partial charge in [0.25, 0.3) is 0 Å². The molecule has 0 aliphatic carbocycles. The Morgan fingerprint density at radius 1 is 0.971 bits per heavy atom. The molecule has 176 valence electrons. The third-order valence-corrected chi connectivity index (χ3v) is 7.44. The molecule has 1 fully saturated rings. The summed E-state index contributed by atoms with van der Waals surface area (Å²) < 4.78 is 40.8. The minimum atomic E-state index is -3.84. The number of hydrogen-bond acceptors (Lipinski definition) is 4. The summed E-state index contributed by atoms with van der Waals surface area (Å²) in [5, 5.41) is 2.70. The number of carbonyl (C=O) groups excluding carboxylic acids is 2. The van der Waals surface area contributed by atoms with Crippen molar-refractivity contribution in [1.82, 2.24) is 9.21 Å². The number of hydrogen-bond donors (Lipinski definition) is 1. The van der Waals surface area contributed by atoms with Crippen molar-refractivity contribution in [1.29, 1.82) is 0 Å². The van der Waals surface area contributed by atoms with E-state index in [1.807, 2.05) is 12.1 Å². The predicted octanol–water partition coefficient (Wildman–Crippen LogP) is 3.48. The van der Waals surface area contributed by atoms with Crippen LogP contribution in [0.1, 0.15) is 12.5 Å². The first-order valence-corrected chi connectivity index (χ1v) is 12.2. The molecule has 3 aromatic rings. The Bertz CT molecular complexity index is 1310. The molecule has 0 unspecified atom stereocenters. The first-order valence-electron chi connectivity index (χ1n) is 10.7. The van der Waals surface area contributed by atoms with E-state index in [9.17, 15) is 22.4 Å². The van der Waals surface area contributed by atoms with Crippen LogP contribution in [0.2, 0.25) is 0 Å². The number of anilines is 1. The Kier molecular flexibility index (Phi) is 6.76. The molecule has 1 heterocycles. The summed E-state index contributed by atoms with van der Waals surface area (Å²) >= 11 is 0. The molecule has 0 aromatic heterocycles. The van der Waals surface area contributed by atoms with Crippen LogP contribution in [0.4, 0.5) is 10.1 Å². The number of benzene rings is 3. The van der Waals surface area contributed by atoms with E-state index in [1.54, 1.807) is 36.4 Å². The standard InChI is InChI=1S/C25H24FN3O4S/c1-18(30)27-23-9-5-20(6-10-23)21-7-11-24(12-8-21)34(32,33)29-14-13-28(25(31)17-29)16-19-3-2-4-22(26)15-19/h2-12,15H,13-14,16-17H2,1H3,(H,27,30). The molecule has 2 amide bonds. The molecule has 0 atom stereocenters. The van der Waals surface area contributed by atoms with E-state index in [0.717, 1.165) is 11.1 Å². The van der Waals surface area contributed by atoms with Crippen molar-refractivity contribution < 1.29 is 22.4 Å². The van der Waals surface area contributed by atoms with Crippen LogP contribution in [-0.2, 0) is 26.2 Å². The molecule has 0 bridgehead atoms. The SMILES string of the molecule is CC(=O)Nc1ccc(-c2ccc(S(=O)(=O)N3CCN(Cc4cccc(F)c4)C(=O)C3)cc2)cc1. The van der Waals surface area contributed by atoms with Gasteiger partial charge in [-0.2, -0.15) is 4.31 Å². The van der Waals surface area contributed by atoms with Gasteiger partial charge in [-0.3, -0.25) is 9.59 Å². The van der Waals surface area contributed by atoms with Gasteiger partial charge in [0.1, 0.15) is 5.82 Å². The number of piperazine rings is 1. The monoisotopic (exact) mass is 481 g/mol. The maximum absolute atomic E-state index is 13.4. The molecule has 7 nitrogen and oxygen atoms in total. The number of amides is 2. The summed E-state index contributed by atoms with van der Waals surface area (Å²) in [7, 11) is -3.84. The Balaban J connectivity index is 1.43. The van der Waals surface area contributed by atoms with Gasteiger partial charge < -0.3 is 10.2 Å². The van der Waals surface area contributed by atoms with Gasteiger partial charge in [-0.15, -0.1) is 0 Å². The van der Waals surface area contributed by atoms with E-state index < -0.39 is 10.0 Å². The minimum Gasteiger partial charge on any atom is -0.336 e. The summed E-state index contributed by atoms with van der Waals surface area (Å²) in [6, 6.07) is 19.7. The van der Waals surface area contributed by atoms with Crippen LogP contribution in [0.3, 0.4) is 0 Å². The van der Waals surface area contributed by atoms with E-state index in [0.29, 0.717) is 11.3 Å². The normalized spacial score (nSPS) is 14.8. The Morgan fingerprint density at radius 2 is 1.62 bits per heavy atom. The first-order chi connectivity index (χ1) is 16.2. The van der Waals surface area contributed by atoms with Gasteiger partial charge in [-0.05, 0) is 53.1 Å². The highest BCUT2D eigenvalue weighted by Crippen LogP contribution is 2.25. The molecule has 0 saturated carbocycles. The lowest BCUT2D eigenvalue weighted by Gasteiger charge is -2.33. The molecule has 0 spiro atoms. The van der Waals surface area contributed by atoms with Crippen molar-refractivity contribution in [3.63, 3.8) is 0 Å². The van der Waals surface area contributed by atoms with Crippen LogP contribution < -0.4 is 5.32 Å². The molecule has 1 aliphatic heterocycles. The van der Waals surface area contributed by atoms with Crippen LogP contribution in [-0.4, -0.2) is 49.1 Å². The summed E-state index contributed by atoms with van der Waals surface area (Å²) in [5.74, 6) is -0.858. The highest BCUT2D eigenvalue weighted by Gasteiger charge is 2.32.